The van der Waals surface area contributed by atoms with Gasteiger partial charge in [0.05, 0.1) is 21.5 Å². The Hall–Kier alpha value is -3.49. The van der Waals surface area contributed by atoms with Gasteiger partial charge in [0.25, 0.3) is 22.2 Å². The molecule has 3 aromatic heterocycles. The monoisotopic (exact) mass is 337 g/mol. The molecule has 0 aliphatic rings. The Morgan fingerprint density at radius 2 is 1.08 bits per heavy atom. The molecule has 0 spiro atoms. The Morgan fingerprint density at radius 3 is 1.52 bits per heavy atom. The van der Waals surface area contributed by atoms with E-state index >= 15 is 0 Å². The lowest BCUT2D eigenvalue weighted by molar-refractivity contribution is 0.815. The number of aromatic nitrogens is 5. The maximum atomic E-state index is 12.7. The number of fused-ring (bicyclic) bond motifs is 2. The van der Waals surface area contributed by atoms with Gasteiger partial charge < -0.3 is 0 Å². The summed E-state index contributed by atoms with van der Waals surface area (Å²) in [4.78, 5) is 61.7. The quantitative estimate of drug-likeness (QED) is 0.448. The van der Waals surface area contributed by atoms with Gasteiger partial charge in [-0.15, -0.1) is 0 Å². The van der Waals surface area contributed by atoms with Crippen molar-refractivity contribution in [2.75, 3.05) is 0 Å². The number of rotatable bonds is 1. The molecule has 0 N–H and O–H groups in total. The number of hydrogen-bond acceptors (Lipinski definition) is 7. The summed E-state index contributed by atoms with van der Waals surface area (Å²) >= 11 is 0. The topological polar surface area (TPSA) is 117 Å². The molecule has 0 bridgehead atoms. The van der Waals surface area contributed by atoms with Gasteiger partial charge in [-0.25, -0.2) is 9.55 Å². The van der Waals surface area contributed by atoms with Crippen LogP contribution in [0.2, 0.25) is 0 Å². The van der Waals surface area contributed by atoms with Gasteiger partial charge >= 0.3 is 0 Å². The summed E-state index contributed by atoms with van der Waals surface area (Å²) in [5.74, 6) is 0.660. The van der Waals surface area contributed by atoms with Crippen LogP contribution in [0.5, 0.6) is 0 Å². The van der Waals surface area contributed by atoms with E-state index in [4.69, 9.17) is 0 Å². The minimum atomic E-state index is -0.636. The van der Waals surface area contributed by atoms with Gasteiger partial charge in [-0.3, -0.25) is 23.7 Å². The Kier molecular flexibility index (Phi) is 2.87. The van der Waals surface area contributed by atoms with Gasteiger partial charge in [0.1, 0.15) is 11.6 Å². The molecule has 25 heavy (non-hydrogen) atoms. The van der Waals surface area contributed by atoms with Crippen LogP contribution in [0.25, 0.3) is 27.5 Å². The fourth-order valence-corrected chi connectivity index (χ4v) is 2.97. The van der Waals surface area contributed by atoms with E-state index in [1.54, 1.807) is 13.8 Å². The average molecular weight is 337 g/mol. The molecule has 0 saturated carbocycles. The summed E-state index contributed by atoms with van der Waals surface area (Å²) < 4.78 is 1.78. The van der Waals surface area contributed by atoms with E-state index in [1.807, 2.05) is 0 Å². The van der Waals surface area contributed by atoms with Gasteiger partial charge in [-0.2, -0.15) is 9.97 Å². The number of aryl methyl sites for hydroxylation is 2. The van der Waals surface area contributed by atoms with Crippen LogP contribution >= 0.6 is 0 Å². The number of hydrogen-bond donors (Lipinski definition) is 0. The molecule has 9 heteroatoms. The zero-order chi connectivity index (χ0) is 18.0. The molecule has 4 aromatic rings. The molecule has 9 nitrogen and oxygen atoms in total. The molecular weight excluding hydrogens is 326 g/mol. The van der Waals surface area contributed by atoms with Gasteiger partial charge in [0.2, 0.25) is 5.95 Å². The summed E-state index contributed by atoms with van der Waals surface area (Å²) in [5.41, 5.74) is -2.29. The molecule has 0 aliphatic heterocycles. The number of nitrogens with zero attached hydrogens (tertiary/aromatic N) is 5. The third-order valence-electron chi connectivity index (χ3n) is 4.14. The average Bonchev–Trinajstić information content (AvgIpc) is 2.92. The van der Waals surface area contributed by atoms with Crippen molar-refractivity contribution in [3.05, 3.63) is 65.2 Å². The standard InChI is InChI=1S/C16H11N5O4/c1-6-17-7(2)19-16(18-6)21-14(24)10-4-8-9(5-11(10)15(21)25)13(23)20(3)12(8)22/h4-5H,1-3H3. The molecule has 0 unspecified atom stereocenters. The molecule has 0 saturated heterocycles. The van der Waals surface area contributed by atoms with Crippen LogP contribution in [0.1, 0.15) is 11.6 Å². The van der Waals surface area contributed by atoms with Crippen molar-refractivity contribution in [3.8, 4) is 5.95 Å². The van der Waals surface area contributed by atoms with Crippen LogP contribution < -0.4 is 22.2 Å². The van der Waals surface area contributed by atoms with Gasteiger partial charge in [0, 0.05) is 7.05 Å². The van der Waals surface area contributed by atoms with Gasteiger partial charge in [0.15, 0.2) is 0 Å². The first-order valence-electron chi connectivity index (χ1n) is 7.38. The fraction of sp³-hybridized carbons (Fsp3) is 0.188. The van der Waals surface area contributed by atoms with Gasteiger partial charge in [-0.1, -0.05) is 0 Å². The third-order valence-corrected chi connectivity index (χ3v) is 4.14. The minimum absolute atomic E-state index is 0.0518. The summed E-state index contributed by atoms with van der Waals surface area (Å²) in [6.45, 7) is 3.25. The fourth-order valence-electron chi connectivity index (χ4n) is 2.97. The molecule has 4 rings (SSSR count). The molecule has 0 fully saturated rings. The normalized spacial score (nSPS) is 11.6. The highest BCUT2D eigenvalue weighted by atomic mass is 16.2. The van der Waals surface area contributed by atoms with Crippen LogP contribution in [0.15, 0.2) is 31.3 Å². The second-order valence-corrected chi connectivity index (χ2v) is 5.79. The van der Waals surface area contributed by atoms with Crippen molar-refractivity contribution in [1.82, 2.24) is 24.1 Å². The molecule has 0 atom stereocenters. The minimum Gasteiger partial charge on any atom is -0.277 e. The Morgan fingerprint density at radius 1 is 0.680 bits per heavy atom. The maximum absolute atomic E-state index is 12.7. The second kappa shape index (κ2) is 4.76. The summed E-state index contributed by atoms with van der Waals surface area (Å²) in [6, 6.07) is 2.57. The molecule has 0 aliphatic carbocycles. The van der Waals surface area contributed by atoms with Crippen LogP contribution in [-0.4, -0.2) is 24.1 Å². The maximum Gasteiger partial charge on any atom is 0.268 e. The number of benzene rings is 1. The first-order valence-corrected chi connectivity index (χ1v) is 7.38. The summed E-state index contributed by atoms with van der Waals surface area (Å²) in [6.07, 6.45) is 0. The van der Waals surface area contributed by atoms with E-state index in [1.165, 1.54) is 19.2 Å². The molecule has 0 radical (unpaired) electrons. The summed E-state index contributed by atoms with van der Waals surface area (Å²) in [7, 11) is 1.35. The first kappa shape index (κ1) is 15.1. The van der Waals surface area contributed by atoms with E-state index < -0.39 is 22.2 Å². The lowest BCUT2D eigenvalue weighted by Crippen LogP contribution is -2.26. The van der Waals surface area contributed by atoms with E-state index in [-0.39, 0.29) is 27.5 Å². The Balaban J connectivity index is 2.19. The van der Waals surface area contributed by atoms with Gasteiger partial charge in [-0.05, 0) is 26.0 Å². The highest BCUT2D eigenvalue weighted by Gasteiger charge is 2.20. The molecule has 1 aromatic carbocycles. The highest BCUT2D eigenvalue weighted by molar-refractivity contribution is 5.98. The van der Waals surface area contributed by atoms with Crippen LogP contribution in [0.3, 0.4) is 0 Å². The second-order valence-electron chi connectivity index (χ2n) is 5.79. The van der Waals surface area contributed by atoms with Crippen LogP contribution in [0, 0.1) is 13.8 Å². The van der Waals surface area contributed by atoms with E-state index in [0.29, 0.717) is 11.6 Å². The van der Waals surface area contributed by atoms with Crippen LogP contribution in [0.4, 0.5) is 0 Å². The highest BCUT2D eigenvalue weighted by Crippen LogP contribution is 2.15. The molecule has 0 amide bonds. The predicted octanol–water partition coefficient (Wildman–Crippen LogP) is -0.760. The lowest BCUT2D eigenvalue weighted by Gasteiger charge is -2.00. The van der Waals surface area contributed by atoms with Crippen molar-refractivity contribution in [2.45, 2.75) is 13.8 Å². The largest absolute Gasteiger partial charge is 0.277 e. The summed E-state index contributed by atoms with van der Waals surface area (Å²) in [5, 5.41) is 0.321. The zero-order valence-electron chi connectivity index (χ0n) is 13.5. The van der Waals surface area contributed by atoms with Crippen molar-refractivity contribution in [3.63, 3.8) is 0 Å². The molecule has 3 heterocycles. The zero-order valence-corrected chi connectivity index (χ0v) is 13.5. The van der Waals surface area contributed by atoms with E-state index in [9.17, 15) is 19.2 Å². The molecular formula is C16H11N5O4. The van der Waals surface area contributed by atoms with E-state index in [2.05, 4.69) is 15.0 Å². The first-order chi connectivity index (χ1) is 11.8. The van der Waals surface area contributed by atoms with Crippen molar-refractivity contribution >= 4 is 21.5 Å². The third kappa shape index (κ3) is 1.92. The lowest BCUT2D eigenvalue weighted by atomic mass is 10.1. The molecule has 124 valence electrons. The predicted molar refractivity (Wildman–Crippen MR) is 90.1 cm³/mol. The SMILES string of the molecule is Cc1nc(C)nc(-n2c(=O)c3cc4c(=O)n(C)c(=O)c4cc3c2=O)n1. The van der Waals surface area contributed by atoms with E-state index in [0.717, 1.165) is 9.13 Å². The van der Waals surface area contributed by atoms with Crippen LogP contribution in [-0.2, 0) is 7.05 Å². The smallest absolute Gasteiger partial charge is 0.268 e. The van der Waals surface area contributed by atoms with Crippen molar-refractivity contribution in [1.29, 1.82) is 0 Å². The van der Waals surface area contributed by atoms with Crippen molar-refractivity contribution in [2.24, 2.45) is 7.05 Å². The van der Waals surface area contributed by atoms with Crippen molar-refractivity contribution < 1.29 is 0 Å². The Labute approximate surface area is 138 Å². The Bertz CT molecular complexity index is 1300.